The van der Waals surface area contributed by atoms with Gasteiger partial charge in [-0.25, -0.2) is 4.79 Å². The maximum absolute atomic E-state index is 11.8. The summed E-state index contributed by atoms with van der Waals surface area (Å²) in [6.07, 6.45) is 7.52. The Bertz CT molecular complexity index is 566. The molecule has 0 aromatic carbocycles. The maximum Gasteiger partial charge on any atom is 0.321 e. The number of carbonyl (C=O) groups is 2. The van der Waals surface area contributed by atoms with Crippen LogP contribution in [0.2, 0.25) is 0 Å². The molecular weight excluding hydrogens is 314 g/mol. The van der Waals surface area contributed by atoms with Gasteiger partial charge in [-0.3, -0.25) is 10.1 Å². The van der Waals surface area contributed by atoms with E-state index in [1.165, 1.54) is 31.0 Å². The molecule has 0 spiro atoms. The van der Waals surface area contributed by atoms with Gasteiger partial charge in [-0.05, 0) is 19.8 Å². The molecule has 23 heavy (non-hydrogen) atoms. The molecule has 3 amide bonds. The number of urea groups is 1. The van der Waals surface area contributed by atoms with Crippen LogP contribution in [0.5, 0.6) is 0 Å². The Morgan fingerprint density at radius 2 is 2.09 bits per heavy atom. The number of amides is 3. The number of carbonyl (C=O) groups excluding carboxylic acids is 2. The highest BCUT2D eigenvalue weighted by Gasteiger charge is 2.21. The highest BCUT2D eigenvalue weighted by atomic mass is 32.2. The van der Waals surface area contributed by atoms with Crippen molar-refractivity contribution in [3.05, 3.63) is 18.5 Å². The molecule has 0 bridgehead atoms. The fraction of sp³-hybridized carbons (Fsp3) is 0.600. The summed E-state index contributed by atoms with van der Waals surface area (Å²) in [4.78, 5) is 23.2. The first-order valence-corrected chi connectivity index (χ1v) is 8.83. The standard InChI is InChI=1S/C15H23N5O2S/c1-3-9-16-14(22)17-13(21)10-23-15-19-18-11(2)20(15)12-7-5-4-6-8-12/h3,12H,1,4-10H2,2H3,(H2,16,17,21,22). The van der Waals surface area contributed by atoms with E-state index in [4.69, 9.17) is 0 Å². The molecular formula is C15H23N5O2S. The lowest BCUT2D eigenvalue weighted by Crippen LogP contribution is -2.40. The van der Waals surface area contributed by atoms with Gasteiger partial charge in [-0.1, -0.05) is 37.1 Å². The van der Waals surface area contributed by atoms with E-state index in [2.05, 4.69) is 32.0 Å². The smallest absolute Gasteiger partial charge is 0.321 e. The first-order chi connectivity index (χ1) is 11.1. The van der Waals surface area contributed by atoms with Gasteiger partial charge in [-0.15, -0.1) is 16.8 Å². The molecule has 8 heteroatoms. The quantitative estimate of drug-likeness (QED) is 0.613. The van der Waals surface area contributed by atoms with E-state index < -0.39 is 6.03 Å². The van der Waals surface area contributed by atoms with Gasteiger partial charge in [-0.2, -0.15) is 0 Å². The van der Waals surface area contributed by atoms with Crippen LogP contribution in [0.4, 0.5) is 4.79 Å². The van der Waals surface area contributed by atoms with E-state index in [1.807, 2.05) is 6.92 Å². The number of imide groups is 1. The number of nitrogens with one attached hydrogen (secondary N) is 2. The predicted molar refractivity (Wildman–Crippen MR) is 89.3 cm³/mol. The average molecular weight is 337 g/mol. The Labute approximate surface area is 140 Å². The Morgan fingerprint density at radius 1 is 1.35 bits per heavy atom. The monoisotopic (exact) mass is 337 g/mol. The molecule has 0 atom stereocenters. The van der Waals surface area contributed by atoms with E-state index in [0.29, 0.717) is 12.6 Å². The third-order valence-corrected chi connectivity index (χ3v) is 4.71. The van der Waals surface area contributed by atoms with Crippen molar-refractivity contribution < 1.29 is 9.59 Å². The average Bonchev–Trinajstić information content (AvgIpc) is 2.92. The first kappa shape index (κ1) is 17.5. The number of nitrogens with zero attached hydrogens (tertiary/aromatic N) is 3. The van der Waals surface area contributed by atoms with Gasteiger partial charge >= 0.3 is 6.03 Å². The Kier molecular flexibility index (Phi) is 6.64. The molecule has 1 fully saturated rings. The Morgan fingerprint density at radius 3 is 2.78 bits per heavy atom. The molecule has 1 aromatic heterocycles. The zero-order valence-corrected chi connectivity index (χ0v) is 14.2. The van der Waals surface area contributed by atoms with Crippen LogP contribution in [0.25, 0.3) is 0 Å². The Balaban J connectivity index is 1.89. The fourth-order valence-corrected chi connectivity index (χ4v) is 3.56. The highest BCUT2D eigenvalue weighted by molar-refractivity contribution is 7.99. The van der Waals surface area contributed by atoms with Crippen LogP contribution >= 0.6 is 11.8 Å². The van der Waals surface area contributed by atoms with Crippen molar-refractivity contribution in [2.75, 3.05) is 12.3 Å². The van der Waals surface area contributed by atoms with Crippen molar-refractivity contribution in [2.45, 2.75) is 50.2 Å². The normalized spacial score (nSPS) is 15.2. The van der Waals surface area contributed by atoms with Crippen molar-refractivity contribution in [2.24, 2.45) is 0 Å². The molecule has 1 aromatic rings. The topological polar surface area (TPSA) is 88.9 Å². The largest absolute Gasteiger partial charge is 0.334 e. The van der Waals surface area contributed by atoms with Gasteiger partial charge in [0.05, 0.1) is 5.75 Å². The van der Waals surface area contributed by atoms with Gasteiger partial charge in [0.15, 0.2) is 5.16 Å². The summed E-state index contributed by atoms with van der Waals surface area (Å²) in [6.45, 7) is 5.75. The molecule has 0 unspecified atom stereocenters. The SMILES string of the molecule is C=CCNC(=O)NC(=O)CSc1nnc(C)n1C1CCCCC1. The molecule has 0 radical (unpaired) electrons. The lowest BCUT2D eigenvalue weighted by molar-refractivity contribution is -0.117. The zero-order valence-electron chi connectivity index (χ0n) is 13.4. The summed E-state index contributed by atoms with van der Waals surface area (Å²) in [5.74, 6) is 0.655. The molecule has 1 aliphatic carbocycles. The Hall–Kier alpha value is -1.83. The summed E-state index contributed by atoms with van der Waals surface area (Å²) in [7, 11) is 0. The third-order valence-electron chi connectivity index (χ3n) is 3.77. The van der Waals surface area contributed by atoms with Crippen molar-refractivity contribution in [3.8, 4) is 0 Å². The van der Waals surface area contributed by atoms with E-state index in [1.54, 1.807) is 6.08 Å². The molecule has 1 heterocycles. The van der Waals surface area contributed by atoms with Crippen LogP contribution in [0.3, 0.4) is 0 Å². The molecule has 0 saturated heterocycles. The van der Waals surface area contributed by atoms with Gasteiger partial charge < -0.3 is 9.88 Å². The number of rotatable bonds is 6. The number of hydrogen-bond donors (Lipinski definition) is 2. The fourth-order valence-electron chi connectivity index (χ4n) is 2.71. The van der Waals surface area contributed by atoms with Crippen LogP contribution in [-0.4, -0.2) is 39.0 Å². The van der Waals surface area contributed by atoms with Crippen LogP contribution in [0.1, 0.15) is 44.0 Å². The van der Waals surface area contributed by atoms with Gasteiger partial charge in [0.2, 0.25) is 5.91 Å². The van der Waals surface area contributed by atoms with Crippen molar-refractivity contribution in [3.63, 3.8) is 0 Å². The third kappa shape index (κ3) is 5.09. The van der Waals surface area contributed by atoms with Gasteiger partial charge in [0.25, 0.3) is 0 Å². The van der Waals surface area contributed by atoms with Gasteiger partial charge in [0, 0.05) is 12.6 Å². The number of thioether (sulfide) groups is 1. The molecule has 126 valence electrons. The highest BCUT2D eigenvalue weighted by Crippen LogP contribution is 2.32. The predicted octanol–water partition coefficient (Wildman–Crippen LogP) is 2.20. The van der Waals surface area contributed by atoms with E-state index in [9.17, 15) is 9.59 Å². The lowest BCUT2D eigenvalue weighted by atomic mass is 9.95. The second-order valence-corrected chi connectivity index (χ2v) is 6.47. The summed E-state index contributed by atoms with van der Waals surface area (Å²) >= 11 is 1.31. The van der Waals surface area contributed by atoms with E-state index >= 15 is 0 Å². The van der Waals surface area contributed by atoms with E-state index in [-0.39, 0.29) is 11.7 Å². The molecule has 1 aliphatic rings. The van der Waals surface area contributed by atoms with Crippen LogP contribution in [-0.2, 0) is 4.79 Å². The minimum atomic E-state index is -0.513. The van der Waals surface area contributed by atoms with Crippen molar-refractivity contribution in [1.82, 2.24) is 25.4 Å². The summed E-state index contributed by atoms with van der Waals surface area (Å²) < 4.78 is 2.13. The second kappa shape index (κ2) is 8.71. The summed E-state index contributed by atoms with van der Waals surface area (Å²) in [6, 6.07) is -0.0966. The molecule has 2 rings (SSSR count). The molecule has 7 nitrogen and oxygen atoms in total. The number of aromatic nitrogens is 3. The first-order valence-electron chi connectivity index (χ1n) is 7.84. The number of aryl methyl sites for hydroxylation is 1. The van der Waals surface area contributed by atoms with Crippen LogP contribution in [0, 0.1) is 6.92 Å². The lowest BCUT2D eigenvalue weighted by Gasteiger charge is -2.24. The van der Waals surface area contributed by atoms with Gasteiger partial charge in [0.1, 0.15) is 5.82 Å². The van der Waals surface area contributed by atoms with Crippen molar-refractivity contribution in [1.29, 1.82) is 0 Å². The maximum atomic E-state index is 11.8. The van der Waals surface area contributed by atoms with E-state index in [0.717, 1.165) is 23.8 Å². The number of hydrogen-bond acceptors (Lipinski definition) is 5. The minimum absolute atomic E-state index is 0.131. The van der Waals surface area contributed by atoms with Crippen molar-refractivity contribution >= 4 is 23.7 Å². The second-order valence-electron chi connectivity index (χ2n) is 5.53. The molecule has 2 N–H and O–H groups in total. The summed E-state index contributed by atoms with van der Waals surface area (Å²) in [5.41, 5.74) is 0. The zero-order chi connectivity index (χ0) is 16.7. The molecule has 0 aliphatic heterocycles. The van der Waals surface area contributed by atoms with Crippen LogP contribution < -0.4 is 10.6 Å². The summed E-state index contributed by atoms with van der Waals surface area (Å²) in [5, 5.41) is 13.8. The minimum Gasteiger partial charge on any atom is -0.334 e. The van der Waals surface area contributed by atoms with Crippen LogP contribution in [0.15, 0.2) is 17.8 Å². The molecule has 1 saturated carbocycles.